The summed E-state index contributed by atoms with van der Waals surface area (Å²) in [5.74, 6) is 1.74. The van der Waals surface area contributed by atoms with Crippen LogP contribution < -0.4 is 5.32 Å². The van der Waals surface area contributed by atoms with Crippen molar-refractivity contribution in [1.29, 1.82) is 0 Å². The van der Waals surface area contributed by atoms with Gasteiger partial charge in [0.25, 0.3) is 0 Å². The number of hydrogen-bond donors (Lipinski definition) is 1. The number of thiophene rings is 1. The maximum absolute atomic E-state index is 12.3. The van der Waals surface area contributed by atoms with Crippen LogP contribution in [-0.2, 0) is 17.8 Å². The summed E-state index contributed by atoms with van der Waals surface area (Å²) in [5, 5.41) is 14.4. The minimum atomic E-state index is -0.0354. The fourth-order valence-electron chi connectivity index (χ4n) is 2.90. The third kappa shape index (κ3) is 5.23. The lowest BCUT2D eigenvalue weighted by Gasteiger charge is -2.10. The number of hydrogen-bond acceptors (Lipinski definition) is 5. The Morgan fingerprint density at radius 2 is 2.00 bits per heavy atom. The second kappa shape index (κ2) is 9.89. The highest BCUT2D eigenvalue weighted by Crippen LogP contribution is 2.22. The van der Waals surface area contributed by atoms with E-state index in [1.165, 1.54) is 22.2 Å². The van der Waals surface area contributed by atoms with E-state index in [0.717, 1.165) is 36.1 Å². The number of nitrogens with zero attached hydrogens (tertiary/aromatic N) is 3. The highest BCUT2D eigenvalue weighted by atomic mass is 32.2. The molecule has 7 heteroatoms. The largest absolute Gasteiger partial charge is 0.325 e. The van der Waals surface area contributed by atoms with Crippen LogP contribution in [0.4, 0.5) is 5.69 Å². The van der Waals surface area contributed by atoms with Gasteiger partial charge >= 0.3 is 0 Å². The molecule has 28 heavy (non-hydrogen) atoms. The fourth-order valence-corrected chi connectivity index (χ4v) is 4.42. The van der Waals surface area contributed by atoms with Gasteiger partial charge in [-0.3, -0.25) is 4.79 Å². The Bertz CT molecular complexity index is 888. The third-order valence-corrected chi connectivity index (χ3v) is 6.57. The molecular formula is C21H26N4OS2. The number of thioether (sulfide) groups is 1. The van der Waals surface area contributed by atoms with Gasteiger partial charge in [0.2, 0.25) is 5.91 Å². The fraction of sp³-hybridized carbons (Fsp3) is 0.381. The first-order chi connectivity index (χ1) is 13.6. The van der Waals surface area contributed by atoms with Crippen molar-refractivity contribution in [3.05, 3.63) is 58.0 Å². The van der Waals surface area contributed by atoms with Crippen LogP contribution in [0.15, 0.2) is 46.9 Å². The first-order valence-corrected chi connectivity index (χ1v) is 11.4. The van der Waals surface area contributed by atoms with Gasteiger partial charge in [0, 0.05) is 23.5 Å². The van der Waals surface area contributed by atoms with Crippen LogP contribution in [0.2, 0.25) is 0 Å². The van der Waals surface area contributed by atoms with Crippen LogP contribution >= 0.6 is 23.1 Å². The van der Waals surface area contributed by atoms with E-state index >= 15 is 0 Å². The maximum Gasteiger partial charge on any atom is 0.234 e. The summed E-state index contributed by atoms with van der Waals surface area (Å²) >= 11 is 3.14. The summed E-state index contributed by atoms with van der Waals surface area (Å²) in [5.41, 5.74) is 2.12. The van der Waals surface area contributed by atoms with Crippen LogP contribution in [0.1, 0.15) is 49.4 Å². The Morgan fingerprint density at radius 3 is 2.64 bits per heavy atom. The molecule has 0 aliphatic rings. The zero-order valence-electron chi connectivity index (χ0n) is 16.5. The lowest BCUT2D eigenvalue weighted by molar-refractivity contribution is -0.113. The topological polar surface area (TPSA) is 59.8 Å². The van der Waals surface area contributed by atoms with Gasteiger partial charge in [0.05, 0.1) is 5.75 Å². The molecule has 148 valence electrons. The van der Waals surface area contributed by atoms with Gasteiger partial charge < -0.3 is 9.88 Å². The van der Waals surface area contributed by atoms with Gasteiger partial charge in [-0.2, -0.15) is 0 Å². The van der Waals surface area contributed by atoms with Crippen LogP contribution in [0, 0.1) is 0 Å². The van der Waals surface area contributed by atoms with Crippen LogP contribution in [-0.4, -0.2) is 26.4 Å². The van der Waals surface area contributed by atoms with Gasteiger partial charge in [0.15, 0.2) is 5.16 Å². The predicted octanol–water partition coefficient (Wildman–Crippen LogP) is 5.19. The van der Waals surface area contributed by atoms with Crippen molar-refractivity contribution < 1.29 is 4.79 Å². The molecule has 5 nitrogen and oxygen atoms in total. The Hall–Kier alpha value is -2.12. The number of anilines is 1. The van der Waals surface area contributed by atoms with E-state index in [-0.39, 0.29) is 5.91 Å². The molecule has 1 unspecified atom stereocenters. The second-order valence-electron chi connectivity index (χ2n) is 6.67. The molecule has 1 amide bonds. The number of carbonyl (C=O) groups excluding carboxylic acids is 1. The predicted molar refractivity (Wildman–Crippen MR) is 117 cm³/mol. The maximum atomic E-state index is 12.3. The number of carbonyl (C=O) groups is 1. The molecule has 0 saturated carbocycles. The number of rotatable bonds is 9. The average molecular weight is 415 g/mol. The molecule has 0 fully saturated rings. The quantitative estimate of drug-likeness (QED) is 0.489. The van der Waals surface area contributed by atoms with Gasteiger partial charge in [-0.15, -0.1) is 21.5 Å². The minimum Gasteiger partial charge on any atom is -0.325 e. The molecule has 0 radical (unpaired) electrons. The third-order valence-electron chi connectivity index (χ3n) is 4.73. The lowest BCUT2D eigenvalue weighted by atomic mass is 9.99. The Kier molecular flexibility index (Phi) is 7.28. The van der Waals surface area contributed by atoms with Crippen molar-refractivity contribution in [1.82, 2.24) is 14.8 Å². The highest BCUT2D eigenvalue weighted by Gasteiger charge is 2.14. The van der Waals surface area contributed by atoms with E-state index in [9.17, 15) is 4.79 Å². The van der Waals surface area contributed by atoms with Crippen LogP contribution in [0.3, 0.4) is 0 Å². The minimum absolute atomic E-state index is 0.0354. The SMILES string of the molecule is CCC(C)c1ccc(NC(=O)CSc2nnc(Cc3cccs3)n2CC)cc1. The zero-order valence-corrected chi connectivity index (χ0v) is 18.1. The van der Waals surface area contributed by atoms with Crippen LogP contribution in [0.5, 0.6) is 0 Å². The molecule has 0 bridgehead atoms. The number of aromatic nitrogens is 3. The summed E-state index contributed by atoms with van der Waals surface area (Å²) in [6.07, 6.45) is 1.88. The van der Waals surface area contributed by atoms with E-state index in [1.807, 2.05) is 18.2 Å². The molecule has 1 atom stereocenters. The Balaban J connectivity index is 1.56. The summed E-state index contributed by atoms with van der Waals surface area (Å²) < 4.78 is 2.08. The van der Waals surface area contributed by atoms with Crippen molar-refractivity contribution in [2.24, 2.45) is 0 Å². The standard InChI is InChI=1S/C21H26N4OS2/c1-4-15(3)16-8-10-17(11-9-16)22-20(26)14-28-21-24-23-19(25(21)5-2)13-18-7-6-12-27-18/h6-12,15H,4-5,13-14H2,1-3H3,(H,22,26). The molecule has 3 rings (SSSR count). The zero-order chi connectivity index (χ0) is 19.9. The molecule has 0 aliphatic heterocycles. The average Bonchev–Trinajstić information content (AvgIpc) is 3.36. The second-order valence-corrected chi connectivity index (χ2v) is 8.64. The van der Waals surface area contributed by atoms with Crippen LogP contribution in [0.25, 0.3) is 0 Å². The van der Waals surface area contributed by atoms with E-state index in [1.54, 1.807) is 11.3 Å². The molecule has 1 N–H and O–H groups in total. The molecule has 0 saturated heterocycles. The first kappa shape index (κ1) is 20.6. The first-order valence-electron chi connectivity index (χ1n) is 9.57. The van der Waals surface area contributed by atoms with Crippen molar-refractivity contribution in [2.45, 2.75) is 51.2 Å². The number of nitrogens with one attached hydrogen (secondary N) is 1. The van der Waals surface area contributed by atoms with Gasteiger partial charge in [0.1, 0.15) is 5.82 Å². The Morgan fingerprint density at radius 1 is 1.21 bits per heavy atom. The summed E-state index contributed by atoms with van der Waals surface area (Å²) in [6.45, 7) is 7.25. The monoisotopic (exact) mass is 414 g/mol. The summed E-state index contributed by atoms with van der Waals surface area (Å²) in [6, 6.07) is 12.3. The molecule has 2 heterocycles. The number of benzene rings is 1. The smallest absolute Gasteiger partial charge is 0.234 e. The van der Waals surface area contributed by atoms with E-state index in [2.05, 4.69) is 64.4 Å². The molecule has 3 aromatic rings. The Labute approximate surface area is 174 Å². The van der Waals surface area contributed by atoms with Gasteiger partial charge in [-0.05, 0) is 48.4 Å². The highest BCUT2D eigenvalue weighted by molar-refractivity contribution is 7.99. The van der Waals surface area contributed by atoms with Crippen molar-refractivity contribution in [3.63, 3.8) is 0 Å². The summed E-state index contributed by atoms with van der Waals surface area (Å²) in [7, 11) is 0. The molecule has 0 spiro atoms. The number of amides is 1. The van der Waals surface area contributed by atoms with Crippen molar-refractivity contribution in [3.8, 4) is 0 Å². The summed E-state index contributed by atoms with van der Waals surface area (Å²) in [4.78, 5) is 13.6. The lowest BCUT2D eigenvalue weighted by Crippen LogP contribution is -2.14. The molecule has 0 aliphatic carbocycles. The normalized spacial score (nSPS) is 12.1. The van der Waals surface area contributed by atoms with E-state index in [0.29, 0.717) is 11.7 Å². The van der Waals surface area contributed by atoms with Gasteiger partial charge in [-0.25, -0.2) is 0 Å². The molecular weight excluding hydrogens is 388 g/mol. The van der Waals surface area contributed by atoms with Crippen molar-refractivity contribution in [2.75, 3.05) is 11.1 Å². The van der Waals surface area contributed by atoms with E-state index in [4.69, 9.17) is 0 Å². The van der Waals surface area contributed by atoms with E-state index < -0.39 is 0 Å². The van der Waals surface area contributed by atoms with Crippen molar-refractivity contribution >= 4 is 34.7 Å². The van der Waals surface area contributed by atoms with Gasteiger partial charge in [-0.1, -0.05) is 43.8 Å². The molecule has 1 aromatic carbocycles. The molecule has 2 aromatic heterocycles.